The van der Waals surface area contributed by atoms with E-state index in [1.54, 1.807) is 6.26 Å². The molecular weight excluding hydrogens is 411 g/mol. The molecule has 170 valence electrons. The number of rotatable bonds is 10. The lowest BCUT2D eigenvalue weighted by atomic mass is 10.1. The molecule has 2 aromatic carbocycles. The maximum atomic E-state index is 12.7. The minimum Gasteiger partial charge on any atom is -0.463 e. The van der Waals surface area contributed by atoms with E-state index in [4.69, 9.17) is 4.42 Å². The molecule has 0 saturated heterocycles. The average molecular weight is 442 g/mol. The van der Waals surface area contributed by atoms with Crippen molar-refractivity contribution < 1.29 is 17.6 Å². The van der Waals surface area contributed by atoms with E-state index in [0.29, 0.717) is 13.1 Å². The predicted molar refractivity (Wildman–Crippen MR) is 123 cm³/mol. The Kier molecular flexibility index (Phi) is 8.81. The first-order valence-corrected chi connectivity index (χ1v) is 11.3. The Bertz CT molecular complexity index is 1040. The fourth-order valence-corrected chi connectivity index (χ4v) is 3.60. The van der Waals surface area contributed by atoms with Crippen LogP contribution in [0.25, 0.3) is 11.0 Å². The maximum absolute atomic E-state index is 12.7. The van der Waals surface area contributed by atoms with Crippen molar-refractivity contribution in [2.45, 2.75) is 71.1 Å². The standard InChI is InChI=1S/C27H30F3NO/c1-2-3-4-5-6-7-8-9-10-23-20-32-26-16-13-22(17-25(23)26)19-31-18-21-11-14-24(15-12-21)27(28,29)30/h11-17,20,31H,2-8,18-19H2,1H3. The lowest BCUT2D eigenvalue weighted by molar-refractivity contribution is -0.137. The molecule has 1 heterocycles. The van der Waals surface area contributed by atoms with Gasteiger partial charge in [0.25, 0.3) is 0 Å². The molecule has 0 aliphatic carbocycles. The molecule has 0 bridgehead atoms. The number of unbranched alkanes of at least 4 members (excludes halogenated alkanes) is 6. The third-order valence-corrected chi connectivity index (χ3v) is 5.46. The Labute approximate surface area is 188 Å². The van der Waals surface area contributed by atoms with Crippen molar-refractivity contribution in [3.05, 3.63) is 71.0 Å². The molecule has 0 unspecified atom stereocenters. The molecule has 32 heavy (non-hydrogen) atoms. The molecule has 3 rings (SSSR count). The molecule has 1 N–H and O–H groups in total. The zero-order valence-corrected chi connectivity index (χ0v) is 18.5. The normalized spacial score (nSPS) is 11.5. The average Bonchev–Trinajstić information content (AvgIpc) is 3.18. The zero-order chi connectivity index (χ0) is 22.8. The summed E-state index contributed by atoms with van der Waals surface area (Å²) >= 11 is 0. The number of alkyl halides is 3. The van der Waals surface area contributed by atoms with E-state index in [1.165, 1.54) is 44.2 Å². The van der Waals surface area contributed by atoms with Gasteiger partial charge >= 0.3 is 6.18 Å². The van der Waals surface area contributed by atoms with Gasteiger partial charge < -0.3 is 9.73 Å². The van der Waals surface area contributed by atoms with Gasteiger partial charge in [0.2, 0.25) is 0 Å². The van der Waals surface area contributed by atoms with Crippen LogP contribution in [0.4, 0.5) is 13.2 Å². The van der Waals surface area contributed by atoms with E-state index >= 15 is 0 Å². The molecule has 5 heteroatoms. The highest BCUT2D eigenvalue weighted by atomic mass is 19.4. The SMILES string of the molecule is CCCCCCCCC#Cc1coc2ccc(CNCc3ccc(C(F)(F)F)cc3)cc12. The number of hydrogen-bond donors (Lipinski definition) is 1. The number of benzene rings is 2. The molecule has 3 aromatic rings. The highest BCUT2D eigenvalue weighted by Gasteiger charge is 2.29. The van der Waals surface area contributed by atoms with Crippen LogP contribution in [0.5, 0.6) is 0 Å². The summed E-state index contributed by atoms with van der Waals surface area (Å²) < 4.78 is 43.6. The first kappa shape index (κ1) is 23.9. The summed E-state index contributed by atoms with van der Waals surface area (Å²) in [5.41, 5.74) is 2.96. The highest BCUT2D eigenvalue weighted by Crippen LogP contribution is 2.29. The minimum absolute atomic E-state index is 0.493. The van der Waals surface area contributed by atoms with E-state index < -0.39 is 11.7 Å². The van der Waals surface area contributed by atoms with Crippen LogP contribution < -0.4 is 5.32 Å². The third kappa shape index (κ3) is 7.17. The number of fused-ring (bicyclic) bond motifs is 1. The molecule has 0 amide bonds. The summed E-state index contributed by atoms with van der Waals surface area (Å²) in [4.78, 5) is 0. The molecule has 0 spiro atoms. The second-order valence-corrected chi connectivity index (χ2v) is 8.10. The van der Waals surface area contributed by atoms with Gasteiger partial charge in [-0.05, 0) is 41.8 Å². The fraction of sp³-hybridized carbons (Fsp3) is 0.407. The maximum Gasteiger partial charge on any atom is 0.416 e. The molecule has 0 fully saturated rings. The Hall–Kier alpha value is -2.71. The van der Waals surface area contributed by atoms with Crippen molar-refractivity contribution in [3.8, 4) is 11.8 Å². The van der Waals surface area contributed by atoms with Gasteiger partial charge in [-0.15, -0.1) is 0 Å². The monoisotopic (exact) mass is 441 g/mol. The molecule has 0 radical (unpaired) electrons. The van der Waals surface area contributed by atoms with Crippen LogP contribution >= 0.6 is 0 Å². The highest BCUT2D eigenvalue weighted by molar-refractivity contribution is 5.84. The summed E-state index contributed by atoms with van der Waals surface area (Å²) in [5, 5.41) is 4.28. The molecule has 1 aromatic heterocycles. The largest absolute Gasteiger partial charge is 0.463 e. The van der Waals surface area contributed by atoms with E-state index in [0.717, 1.165) is 52.6 Å². The van der Waals surface area contributed by atoms with Crippen molar-refractivity contribution in [2.24, 2.45) is 0 Å². The molecule has 0 saturated carbocycles. The second kappa shape index (κ2) is 11.8. The van der Waals surface area contributed by atoms with E-state index in [2.05, 4.69) is 30.1 Å². The van der Waals surface area contributed by atoms with Crippen molar-refractivity contribution >= 4 is 11.0 Å². The first-order chi connectivity index (χ1) is 15.5. The summed E-state index contributed by atoms with van der Waals surface area (Å²) in [6.45, 7) is 3.32. The lowest BCUT2D eigenvalue weighted by Crippen LogP contribution is -2.13. The first-order valence-electron chi connectivity index (χ1n) is 11.3. The van der Waals surface area contributed by atoms with Crippen LogP contribution in [-0.4, -0.2) is 0 Å². The van der Waals surface area contributed by atoms with Crippen molar-refractivity contribution in [3.63, 3.8) is 0 Å². The summed E-state index contributed by atoms with van der Waals surface area (Å²) in [6.07, 6.45) is 5.83. The minimum atomic E-state index is -4.30. The molecular formula is C27H30F3NO. The summed E-state index contributed by atoms with van der Waals surface area (Å²) in [6, 6.07) is 11.2. The van der Waals surface area contributed by atoms with E-state index in [-0.39, 0.29) is 0 Å². The van der Waals surface area contributed by atoms with Gasteiger partial charge in [0.15, 0.2) is 0 Å². The molecule has 0 aliphatic heterocycles. The fourth-order valence-electron chi connectivity index (χ4n) is 3.60. The van der Waals surface area contributed by atoms with E-state index in [1.807, 2.05) is 12.1 Å². The smallest absolute Gasteiger partial charge is 0.416 e. The van der Waals surface area contributed by atoms with Gasteiger partial charge in [-0.1, -0.05) is 69.1 Å². The summed E-state index contributed by atoms with van der Waals surface area (Å²) in [5.74, 6) is 6.50. The Morgan fingerprint density at radius 2 is 1.56 bits per heavy atom. The Morgan fingerprint density at radius 1 is 0.875 bits per heavy atom. The van der Waals surface area contributed by atoms with Crippen LogP contribution in [0.3, 0.4) is 0 Å². The quantitative estimate of drug-likeness (QED) is 0.256. The molecule has 0 aliphatic rings. The van der Waals surface area contributed by atoms with E-state index in [9.17, 15) is 13.2 Å². The van der Waals surface area contributed by atoms with Gasteiger partial charge in [-0.3, -0.25) is 0 Å². The van der Waals surface area contributed by atoms with Gasteiger partial charge in [0.05, 0.1) is 11.1 Å². The van der Waals surface area contributed by atoms with Crippen LogP contribution in [0, 0.1) is 11.8 Å². The summed E-state index contributed by atoms with van der Waals surface area (Å²) in [7, 11) is 0. The van der Waals surface area contributed by atoms with Crippen LogP contribution in [0.1, 0.15) is 74.1 Å². The van der Waals surface area contributed by atoms with Crippen LogP contribution in [-0.2, 0) is 19.3 Å². The number of furan rings is 1. The van der Waals surface area contributed by atoms with Crippen LogP contribution in [0.2, 0.25) is 0 Å². The van der Waals surface area contributed by atoms with Gasteiger partial charge in [0.1, 0.15) is 11.8 Å². The predicted octanol–water partition coefficient (Wildman–Crippen LogP) is 7.84. The van der Waals surface area contributed by atoms with Gasteiger partial charge in [-0.25, -0.2) is 0 Å². The molecule has 2 nitrogen and oxygen atoms in total. The third-order valence-electron chi connectivity index (χ3n) is 5.46. The molecule has 0 atom stereocenters. The van der Waals surface area contributed by atoms with Gasteiger partial charge in [0, 0.05) is 24.9 Å². The number of nitrogens with one attached hydrogen (secondary N) is 1. The number of halogens is 3. The Balaban J connectivity index is 1.51. The van der Waals surface area contributed by atoms with Crippen LogP contribution in [0.15, 0.2) is 53.1 Å². The van der Waals surface area contributed by atoms with Crippen molar-refractivity contribution in [1.29, 1.82) is 0 Å². The lowest BCUT2D eigenvalue weighted by Gasteiger charge is -2.09. The topological polar surface area (TPSA) is 25.2 Å². The van der Waals surface area contributed by atoms with Gasteiger partial charge in [-0.2, -0.15) is 13.2 Å². The second-order valence-electron chi connectivity index (χ2n) is 8.10. The zero-order valence-electron chi connectivity index (χ0n) is 18.5. The Morgan fingerprint density at radius 3 is 2.31 bits per heavy atom. The van der Waals surface area contributed by atoms with Crippen molar-refractivity contribution in [2.75, 3.05) is 0 Å². The van der Waals surface area contributed by atoms with Crippen molar-refractivity contribution in [1.82, 2.24) is 5.32 Å². The number of hydrogen-bond acceptors (Lipinski definition) is 2.